The number of fused-ring (bicyclic) bond motifs is 1. The third-order valence-electron chi connectivity index (χ3n) is 3.13. The summed E-state index contributed by atoms with van der Waals surface area (Å²) in [6, 6.07) is 8.41. The summed E-state index contributed by atoms with van der Waals surface area (Å²) in [5, 5.41) is 1.87. The summed E-state index contributed by atoms with van der Waals surface area (Å²) in [5.41, 5.74) is 3.40. The highest BCUT2D eigenvalue weighted by atomic mass is 35.5. The zero-order valence-electron chi connectivity index (χ0n) is 11.5. The summed E-state index contributed by atoms with van der Waals surface area (Å²) >= 11 is 6.40. The molecule has 0 radical (unpaired) electrons. The second-order valence-electron chi connectivity index (χ2n) is 5.84. The predicted molar refractivity (Wildman–Crippen MR) is 79.4 cm³/mol. The van der Waals surface area contributed by atoms with Gasteiger partial charge >= 0.3 is 0 Å². The van der Waals surface area contributed by atoms with Gasteiger partial charge in [-0.15, -0.1) is 0 Å². The van der Waals surface area contributed by atoms with Crippen LogP contribution in [0.3, 0.4) is 0 Å². The first-order valence-electron chi connectivity index (χ1n) is 6.51. The first-order chi connectivity index (χ1) is 8.41. The summed E-state index contributed by atoms with van der Waals surface area (Å²) in [6.45, 7) is 8.65. The second-order valence-corrected chi connectivity index (χ2v) is 6.25. The largest absolute Gasteiger partial charge is 0.252 e. The van der Waals surface area contributed by atoms with Crippen LogP contribution in [0.4, 0.5) is 0 Å². The molecule has 0 atom stereocenters. The van der Waals surface area contributed by atoms with Crippen molar-refractivity contribution in [3.8, 4) is 0 Å². The number of halogens is 1. The Hall–Kier alpha value is -1.08. The van der Waals surface area contributed by atoms with Crippen molar-refractivity contribution in [2.24, 2.45) is 0 Å². The van der Waals surface area contributed by atoms with Gasteiger partial charge in [-0.2, -0.15) is 0 Å². The Morgan fingerprint density at radius 3 is 2.50 bits per heavy atom. The first kappa shape index (κ1) is 13.4. The number of aryl methyl sites for hydroxylation is 1. The third kappa shape index (κ3) is 2.67. The van der Waals surface area contributed by atoms with Crippen molar-refractivity contribution in [3.63, 3.8) is 0 Å². The molecular weight excluding hydrogens is 242 g/mol. The van der Waals surface area contributed by atoms with Crippen molar-refractivity contribution in [3.05, 3.63) is 40.5 Å². The van der Waals surface area contributed by atoms with Gasteiger partial charge in [0.2, 0.25) is 0 Å². The number of hydrogen-bond acceptors (Lipinski definition) is 1. The van der Waals surface area contributed by atoms with E-state index in [0.29, 0.717) is 0 Å². The zero-order chi connectivity index (χ0) is 13.3. The van der Waals surface area contributed by atoms with Crippen LogP contribution < -0.4 is 0 Å². The maximum Gasteiger partial charge on any atom is 0.0720 e. The van der Waals surface area contributed by atoms with Crippen LogP contribution in [-0.2, 0) is 11.8 Å². The number of hydrogen-bond donors (Lipinski definition) is 0. The van der Waals surface area contributed by atoms with E-state index in [1.807, 2.05) is 6.07 Å². The molecule has 0 saturated heterocycles. The normalized spacial score (nSPS) is 12.1. The smallest absolute Gasteiger partial charge is 0.0720 e. The SMILES string of the molecule is CCCc1ccc2nc(C(C)(C)C)cc(Cl)c2c1. The molecule has 18 heavy (non-hydrogen) atoms. The van der Waals surface area contributed by atoms with Gasteiger partial charge in [0, 0.05) is 16.5 Å². The van der Waals surface area contributed by atoms with Gasteiger partial charge in [0.25, 0.3) is 0 Å². The van der Waals surface area contributed by atoms with Crippen molar-refractivity contribution < 1.29 is 0 Å². The van der Waals surface area contributed by atoms with E-state index < -0.39 is 0 Å². The quantitative estimate of drug-likeness (QED) is 0.730. The lowest BCUT2D eigenvalue weighted by Gasteiger charge is -2.19. The molecule has 2 aromatic rings. The van der Waals surface area contributed by atoms with E-state index in [-0.39, 0.29) is 5.41 Å². The van der Waals surface area contributed by atoms with E-state index in [2.05, 4.69) is 45.9 Å². The standard InChI is InChI=1S/C16H20ClN/c1-5-6-11-7-8-14-12(9-11)13(17)10-15(18-14)16(2,3)4/h7-10H,5-6H2,1-4H3. The highest BCUT2D eigenvalue weighted by Gasteiger charge is 2.17. The Morgan fingerprint density at radius 1 is 1.17 bits per heavy atom. The lowest BCUT2D eigenvalue weighted by Crippen LogP contribution is -2.13. The minimum absolute atomic E-state index is 0.0277. The van der Waals surface area contributed by atoms with E-state index in [9.17, 15) is 0 Å². The highest BCUT2D eigenvalue weighted by molar-refractivity contribution is 6.35. The van der Waals surface area contributed by atoms with Crippen molar-refractivity contribution in [2.45, 2.75) is 46.0 Å². The van der Waals surface area contributed by atoms with Gasteiger partial charge in [-0.05, 0) is 30.2 Å². The van der Waals surface area contributed by atoms with Crippen LogP contribution in [0.5, 0.6) is 0 Å². The molecule has 0 aliphatic carbocycles. The summed E-state index contributed by atoms with van der Waals surface area (Å²) in [5.74, 6) is 0. The van der Waals surface area contributed by atoms with E-state index in [0.717, 1.165) is 34.5 Å². The lowest BCUT2D eigenvalue weighted by molar-refractivity contribution is 0.571. The van der Waals surface area contributed by atoms with Crippen LogP contribution in [0.25, 0.3) is 10.9 Å². The number of rotatable bonds is 2. The molecule has 0 fully saturated rings. The highest BCUT2D eigenvalue weighted by Crippen LogP contribution is 2.29. The van der Waals surface area contributed by atoms with E-state index in [1.165, 1.54) is 5.56 Å². The lowest BCUT2D eigenvalue weighted by atomic mass is 9.91. The van der Waals surface area contributed by atoms with Crippen LogP contribution in [0, 0.1) is 0 Å². The second kappa shape index (κ2) is 4.89. The first-order valence-corrected chi connectivity index (χ1v) is 6.89. The molecule has 1 nitrogen and oxygen atoms in total. The third-order valence-corrected chi connectivity index (χ3v) is 3.44. The molecule has 1 aromatic heterocycles. The molecular formula is C16H20ClN. The van der Waals surface area contributed by atoms with E-state index in [1.54, 1.807) is 0 Å². The van der Waals surface area contributed by atoms with Crippen LogP contribution in [0.1, 0.15) is 45.4 Å². The Kier molecular flexibility index (Phi) is 3.63. The maximum absolute atomic E-state index is 6.40. The molecule has 1 heterocycles. The Morgan fingerprint density at radius 2 is 1.89 bits per heavy atom. The van der Waals surface area contributed by atoms with Crippen LogP contribution in [0.15, 0.2) is 24.3 Å². The Labute approximate surface area is 114 Å². The van der Waals surface area contributed by atoms with E-state index in [4.69, 9.17) is 16.6 Å². The summed E-state index contributed by atoms with van der Waals surface area (Å²) in [4.78, 5) is 4.72. The van der Waals surface area contributed by atoms with E-state index >= 15 is 0 Å². The molecule has 0 unspecified atom stereocenters. The summed E-state index contributed by atoms with van der Waals surface area (Å²) < 4.78 is 0. The van der Waals surface area contributed by atoms with Crippen molar-refractivity contribution in [2.75, 3.05) is 0 Å². The van der Waals surface area contributed by atoms with Gasteiger partial charge in [-0.25, -0.2) is 0 Å². The Balaban J connectivity index is 2.59. The summed E-state index contributed by atoms with van der Waals surface area (Å²) in [6.07, 6.45) is 2.24. The molecule has 0 bridgehead atoms. The molecule has 0 spiro atoms. The number of pyridine rings is 1. The van der Waals surface area contributed by atoms with Gasteiger partial charge in [-0.3, -0.25) is 4.98 Å². The van der Waals surface area contributed by atoms with Gasteiger partial charge in [-0.1, -0.05) is 51.8 Å². The van der Waals surface area contributed by atoms with Gasteiger partial charge < -0.3 is 0 Å². The fourth-order valence-corrected chi connectivity index (χ4v) is 2.31. The maximum atomic E-state index is 6.40. The molecule has 2 rings (SSSR count). The average molecular weight is 262 g/mol. The average Bonchev–Trinajstić information content (AvgIpc) is 2.29. The molecule has 2 heteroatoms. The fourth-order valence-electron chi connectivity index (χ4n) is 2.06. The van der Waals surface area contributed by atoms with Crippen LogP contribution in [0.2, 0.25) is 5.02 Å². The minimum Gasteiger partial charge on any atom is -0.252 e. The zero-order valence-corrected chi connectivity index (χ0v) is 12.3. The molecule has 0 aliphatic heterocycles. The van der Waals surface area contributed by atoms with Gasteiger partial charge in [0.15, 0.2) is 0 Å². The topological polar surface area (TPSA) is 12.9 Å². The molecule has 0 amide bonds. The number of aromatic nitrogens is 1. The monoisotopic (exact) mass is 261 g/mol. The molecule has 0 saturated carbocycles. The predicted octanol–water partition coefficient (Wildman–Crippen LogP) is 5.14. The van der Waals surface area contributed by atoms with Crippen molar-refractivity contribution in [1.29, 1.82) is 0 Å². The molecule has 1 aromatic carbocycles. The number of benzene rings is 1. The van der Waals surface area contributed by atoms with Crippen LogP contribution >= 0.6 is 11.6 Å². The van der Waals surface area contributed by atoms with Gasteiger partial charge in [0.05, 0.1) is 10.5 Å². The Bertz CT molecular complexity index is 567. The fraction of sp³-hybridized carbons (Fsp3) is 0.438. The molecule has 96 valence electrons. The molecule has 0 N–H and O–H groups in total. The summed E-state index contributed by atoms with van der Waals surface area (Å²) in [7, 11) is 0. The molecule has 0 aliphatic rings. The van der Waals surface area contributed by atoms with Crippen LogP contribution in [-0.4, -0.2) is 4.98 Å². The van der Waals surface area contributed by atoms with Gasteiger partial charge in [0.1, 0.15) is 0 Å². The number of nitrogens with zero attached hydrogens (tertiary/aromatic N) is 1. The van der Waals surface area contributed by atoms with Crippen molar-refractivity contribution >= 4 is 22.5 Å². The van der Waals surface area contributed by atoms with Crippen molar-refractivity contribution in [1.82, 2.24) is 4.98 Å². The minimum atomic E-state index is 0.0277.